The molecular weight excluding hydrogens is 342 g/mol. The number of fused-ring (bicyclic) bond motifs is 1. The lowest BCUT2D eigenvalue weighted by atomic mass is 9.93. The Morgan fingerprint density at radius 2 is 1.74 bits per heavy atom. The SMILES string of the molecule is CN(Cc1noc2c1CCCC2)C(=O)C1CCN(C(=O)C2CCCC2)CC1. The molecule has 2 fully saturated rings. The molecule has 1 aromatic rings. The van der Waals surface area contributed by atoms with E-state index in [1.165, 1.54) is 24.8 Å². The molecule has 0 aromatic carbocycles. The van der Waals surface area contributed by atoms with E-state index in [-0.39, 0.29) is 17.7 Å². The molecule has 148 valence electrons. The van der Waals surface area contributed by atoms with Crippen molar-refractivity contribution in [1.29, 1.82) is 0 Å². The molecule has 0 N–H and O–H groups in total. The predicted molar refractivity (Wildman–Crippen MR) is 101 cm³/mol. The van der Waals surface area contributed by atoms with Gasteiger partial charge in [-0.3, -0.25) is 9.59 Å². The highest BCUT2D eigenvalue weighted by Crippen LogP contribution is 2.29. The number of aryl methyl sites for hydroxylation is 1. The van der Waals surface area contributed by atoms with Crippen LogP contribution in [0.2, 0.25) is 0 Å². The Kier molecular flexibility index (Phi) is 5.50. The van der Waals surface area contributed by atoms with Gasteiger partial charge in [-0.15, -0.1) is 0 Å². The molecule has 2 heterocycles. The van der Waals surface area contributed by atoms with Crippen LogP contribution >= 0.6 is 0 Å². The third kappa shape index (κ3) is 3.90. The van der Waals surface area contributed by atoms with Crippen LogP contribution in [0, 0.1) is 11.8 Å². The van der Waals surface area contributed by atoms with Gasteiger partial charge in [0.15, 0.2) is 0 Å². The van der Waals surface area contributed by atoms with Crippen molar-refractivity contribution in [3.63, 3.8) is 0 Å². The molecule has 1 aliphatic heterocycles. The second-order valence-corrected chi connectivity index (χ2v) is 8.51. The van der Waals surface area contributed by atoms with E-state index in [1.807, 2.05) is 11.9 Å². The molecule has 1 saturated heterocycles. The lowest BCUT2D eigenvalue weighted by molar-refractivity contribution is -0.142. The van der Waals surface area contributed by atoms with E-state index in [9.17, 15) is 9.59 Å². The minimum atomic E-state index is 0.0188. The zero-order chi connectivity index (χ0) is 18.8. The van der Waals surface area contributed by atoms with Crippen molar-refractivity contribution in [3.8, 4) is 0 Å². The maximum Gasteiger partial charge on any atom is 0.225 e. The number of likely N-dealkylation sites (tertiary alicyclic amines) is 1. The molecule has 0 bridgehead atoms. The number of hydrogen-bond donors (Lipinski definition) is 0. The van der Waals surface area contributed by atoms with Crippen LogP contribution in [-0.4, -0.2) is 46.9 Å². The topological polar surface area (TPSA) is 66.7 Å². The van der Waals surface area contributed by atoms with Gasteiger partial charge in [0.1, 0.15) is 11.5 Å². The normalized spacial score (nSPS) is 21.3. The fourth-order valence-electron chi connectivity index (χ4n) is 4.97. The zero-order valence-electron chi connectivity index (χ0n) is 16.4. The molecule has 6 heteroatoms. The van der Waals surface area contributed by atoms with Crippen molar-refractivity contribution in [2.45, 2.75) is 70.8 Å². The van der Waals surface area contributed by atoms with Crippen LogP contribution in [0.3, 0.4) is 0 Å². The van der Waals surface area contributed by atoms with E-state index >= 15 is 0 Å². The van der Waals surface area contributed by atoms with E-state index in [2.05, 4.69) is 5.16 Å². The summed E-state index contributed by atoms with van der Waals surface area (Å²) in [5, 5.41) is 4.22. The predicted octanol–water partition coefficient (Wildman–Crippen LogP) is 2.94. The lowest BCUT2D eigenvalue weighted by Gasteiger charge is -2.34. The highest BCUT2D eigenvalue weighted by molar-refractivity contribution is 5.81. The first kappa shape index (κ1) is 18.5. The Bertz CT molecular complexity index is 685. The van der Waals surface area contributed by atoms with Gasteiger partial charge in [-0.2, -0.15) is 0 Å². The molecule has 1 aromatic heterocycles. The van der Waals surface area contributed by atoms with Crippen molar-refractivity contribution >= 4 is 11.8 Å². The number of nitrogens with zero attached hydrogens (tertiary/aromatic N) is 3. The Balaban J connectivity index is 1.30. The van der Waals surface area contributed by atoms with E-state index in [0.29, 0.717) is 12.5 Å². The highest BCUT2D eigenvalue weighted by atomic mass is 16.5. The summed E-state index contributed by atoms with van der Waals surface area (Å²) < 4.78 is 5.47. The van der Waals surface area contributed by atoms with Crippen LogP contribution in [0.4, 0.5) is 0 Å². The summed E-state index contributed by atoms with van der Waals surface area (Å²) in [5.74, 6) is 1.76. The van der Waals surface area contributed by atoms with Crippen LogP contribution in [0.1, 0.15) is 68.4 Å². The van der Waals surface area contributed by atoms with Gasteiger partial charge in [-0.05, 0) is 44.9 Å². The summed E-state index contributed by atoms with van der Waals surface area (Å²) in [6.07, 6.45) is 10.3. The monoisotopic (exact) mass is 373 g/mol. The average molecular weight is 373 g/mol. The van der Waals surface area contributed by atoms with Gasteiger partial charge in [0.2, 0.25) is 11.8 Å². The summed E-state index contributed by atoms with van der Waals surface area (Å²) >= 11 is 0. The minimum Gasteiger partial charge on any atom is -0.361 e. The Hall–Kier alpha value is -1.85. The number of carbonyl (C=O) groups excluding carboxylic acids is 2. The standard InChI is InChI=1S/C21H31N3O3/c1-23(14-18-17-8-4-5-9-19(17)27-22-18)20(25)16-10-12-24(13-11-16)21(26)15-6-2-3-7-15/h15-16H,2-14H2,1H3. The van der Waals surface area contributed by atoms with Gasteiger partial charge in [-0.25, -0.2) is 0 Å². The molecule has 0 radical (unpaired) electrons. The van der Waals surface area contributed by atoms with Gasteiger partial charge in [-0.1, -0.05) is 18.0 Å². The fourth-order valence-corrected chi connectivity index (χ4v) is 4.97. The van der Waals surface area contributed by atoms with Crippen LogP contribution < -0.4 is 0 Å². The molecule has 4 rings (SSSR count). The summed E-state index contributed by atoms with van der Waals surface area (Å²) in [4.78, 5) is 29.3. The maximum absolute atomic E-state index is 12.9. The second kappa shape index (κ2) is 8.03. The van der Waals surface area contributed by atoms with Gasteiger partial charge in [0, 0.05) is 44.0 Å². The average Bonchev–Trinajstić information content (AvgIpc) is 3.38. The molecule has 0 atom stereocenters. The summed E-state index contributed by atoms with van der Waals surface area (Å²) in [5.41, 5.74) is 2.15. The number of rotatable bonds is 4. The van der Waals surface area contributed by atoms with E-state index < -0.39 is 0 Å². The number of hydrogen-bond acceptors (Lipinski definition) is 4. The van der Waals surface area contributed by atoms with Crippen molar-refractivity contribution in [2.24, 2.45) is 11.8 Å². The maximum atomic E-state index is 12.9. The smallest absolute Gasteiger partial charge is 0.225 e. The number of carbonyl (C=O) groups is 2. The summed E-state index contributed by atoms with van der Waals surface area (Å²) in [6, 6.07) is 0. The van der Waals surface area contributed by atoms with Crippen LogP contribution in [0.25, 0.3) is 0 Å². The number of aromatic nitrogens is 1. The third-order valence-electron chi connectivity index (χ3n) is 6.66. The summed E-state index contributed by atoms with van der Waals surface area (Å²) in [7, 11) is 1.86. The van der Waals surface area contributed by atoms with Crippen LogP contribution in [-0.2, 0) is 29.0 Å². The minimum absolute atomic E-state index is 0.0188. The molecule has 2 aliphatic carbocycles. The molecule has 3 aliphatic rings. The van der Waals surface area contributed by atoms with Gasteiger partial charge < -0.3 is 14.3 Å². The molecule has 27 heavy (non-hydrogen) atoms. The van der Waals surface area contributed by atoms with Gasteiger partial charge >= 0.3 is 0 Å². The number of piperidine rings is 1. The second-order valence-electron chi connectivity index (χ2n) is 8.51. The fraction of sp³-hybridized carbons (Fsp3) is 0.762. The summed E-state index contributed by atoms with van der Waals surface area (Å²) in [6.45, 7) is 1.97. The Morgan fingerprint density at radius 3 is 2.48 bits per heavy atom. The molecular formula is C21H31N3O3. The van der Waals surface area contributed by atoms with Crippen molar-refractivity contribution in [2.75, 3.05) is 20.1 Å². The van der Waals surface area contributed by atoms with Crippen LogP contribution in [0.15, 0.2) is 4.52 Å². The highest BCUT2D eigenvalue weighted by Gasteiger charge is 2.33. The van der Waals surface area contributed by atoms with Crippen molar-refractivity contribution < 1.29 is 14.1 Å². The lowest BCUT2D eigenvalue weighted by Crippen LogP contribution is -2.45. The van der Waals surface area contributed by atoms with E-state index in [4.69, 9.17) is 4.52 Å². The Labute approximate surface area is 161 Å². The quantitative estimate of drug-likeness (QED) is 0.814. The van der Waals surface area contributed by atoms with E-state index in [1.54, 1.807) is 4.90 Å². The van der Waals surface area contributed by atoms with Crippen molar-refractivity contribution in [3.05, 3.63) is 17.0 Å². The molecule has 1 saturated carbocycles. The molecule has 6 nitrogen and oxygen atoms in total. The third-order valence-corrected chi connectivity index (χ3v) is 6.66. The Morgan fingerprint density at radius 1 is 1.04 bits per heavy atom. The first-order chi connectivity index (χ1) is 13.1. The molecule has 0 unspecified atom stereocenters. The number of amides is 2. The first-order valence-corrected chi connectivity index (χ1v) is 10.6. The van der Waals surface area contributed by atoms with Gasteiger partial charge in [0.25, 0.3) is 0 Å². The van der Waals surface area contributed by atoms with Crippen LogP contribution in [0.5, 0.6) is 0 Å². The first-order valence-electron chi connectivity index (χ1n) is 10.6. The van der Waals surface area contributed by atoms with E-state index in [0.717, 1.165) is 69.5 Å². The van der Waals surface area contributed by atoms with Gasteiger partial charge in [0.05, 0.1) is 6.54 Å². The zero-order valence-corrected chi connectivity index (χ0v) is 16.4. The largest absolute Gasteiger partial charge is 0.361 e. The molecule has 0 spiro atoms. The molecule has 2 amide bonds. The van der Waals surface area contributed by atoms with Crippen molar-refractivity contribution in [1.82, 2.24) is 15.0 Å².